The first-order valence-corrected chi connectivity index (χ1v) is 11.9. The zero-order valence-corrected chi connectivity index (χ0v) is 20.2. The number of hydrogen-bond donors (Lipinski definition) is 1. The smallest absolute Gasteiger partial charge is 0.296 e. The van der Waals surface area contributed by atoms with Crippen LogP contribution in [0.15, 0.2) is 54.1 Å². The number of aliphatic hydroxyl groups is 1. The lowest BCUT2D eigenvalue weighted by Gasteiger charge is -2.34. The van der Waals surface area contributed by atoms with Crippen molar-refractivity contribution in [1.82, 2.24) is 4.90 Å². The van der Waals surface area contributed by atoms with Crippen molar-refractivity contribution >= 4 is 29.0 Å². The van der Waals surface area contributed by atoms with E-state index < -0.39 is 23.1 Å². The Bertz CT molecular complexity index is 1170. The number of carbonyl (C=O) groups is 3. The summed E-state index contributed by atoms with van der Waals surface area (Å²) >= 11 is 0. The average molecular weight is 479 g/mol. The molecule has 0 aliphatic carbocycles. The summed E-state index contributed by atoms with van der Waals surface area (Å²) in [6.45, 7) is 5.21. The zero-order chi connectivity index (χ0) is 25.2. The third kappa shape index (κ3) is 3.78. The van der Waals surface area contributed by atoms with Gasteiger partial charge in [0.1, 0.15) is 11.5 Å². The standard InChI is InChI=1S/C27H30N2O6/c1-4-16-35-19-13-11-18(12-14-19)23(30)22-24(31)25(32)29(15-8-17-34-3)27(22)20-9-6-7-10-21(20)28(5-2)26(27)33/h6-7,9-14,30H,4-5,8,15-17H2,1-3H3/b23-22+/t27-/m1/s1. The number of rotatable bonds is 9. The van der Waals surface area contributed by atoms with Crippen LogP contribution >= 0.6 is 0 Å². The second-order valence-electron chi connectivity index (χ2n) is 8.51. The Labute approximate surface area is 204 Å². The van der Waals surface area contributed by atoms with Crippen LogP contribution in [0.4, 0.5) is 5.69 Å². The first-order chi connectivity index (χ1) is 16.9. The van der Waals surface area contributed by atoms with Gasteiger partial charge in [-0.1, -0.05) is 25.1 Å². The molecule has 1 N–H and O–H groups in total. The lowest BCUT2D eigenvalue weighted by Crippen LogP contribution is -2.52. The van der Waals surface area contributed by atoms with Crippen molar-refractivity contribution in [1.29, 1.82) is 0 Å². The number of para-hydroxylation sites is 1. The van der Waals surface area contributed by atoms with Gasteiger partial charge in [0, 0.05) is 37.9 Å². The number of ketones is 1. The number of likely N-dealkylation sites (tertiary alicyclic amines) is 1. The second-order valence-corrected chi connectivity index (χ2v) is 8.51. The maximum atomic E-state index is 14.1. The van der Waals surface area contributed by atoms with E-state index in [0.717, 1.165) is 6.42 Å². The predicted molar refractivity (Wildman–Crippen MR) is 131 cm³/mol. The highest BCUT2D eigenvalue weighted by Gasteiger charge is 2.66. The maximum Gasteiger partial charge on any atom is 0.296 e. The number of hydrogen-bond acceptors (Lipinski definition) is 6. The van der Waals surface area contributed by atoms with Crippen molar-refractivity contribution in [3.05, 3.63) is 65.2 Å². The van der Waals surface area contributed by atoms with Crippen molar-refractivity contribution in [2.75, 3.05) is 38.3 Å². The molecule has 1 saturated heterocycles. The summed E-state index contributed by atoms with van der Waals surface area (Å²) in [7, 11) is 1.55. The van der Waals surface area contributed by atoms with Gasteiger partial charge in [-0.15, -0.1) is 0 Å². The lowest BCUT2D eigenvalue weighted by atomic mass is 9.82. The number of fused-ring (bicyclic) bond motifs is 2. The molecule has 2 heterocycles. The van der Waals surface area contributed by atoms with Gasteiger partial charge >= 0.3 is 0 Å². The average Bonchev–Trinajstić information content (AvgIpc) is 3.25. The number of Topliss-reactive ketones (excluding diaryl/α,β-unsaturated/α-hetero) is 1. The fourth-order valence-electron chi connectivity index (χ4n) is 4.92. The molecule has 2 aromatic rings. The SMILES string of the molecule is CCCOc1ccc(/C(O)=C2/C(=O)C(=O)N(CCCOC)[C@@]23C(=O)N(CC)c2ccccc23)cc1. The summed E-state index contributed by atoms with van der Waals surface area (Å²) in [5, 5.41) is 11.4. The maximum absolute atomic E-state index is 14.1. The van der Waals surface area contributed by atoms with Gasteiger partial charge in [0.25, 0.3) is 17.6 Å². The molecular formula is C27H30N2O6. The molecule has 2 aromatic carbocycles. The highest BCUT2D eigenvalue weighted by atomic mass is 16.5. The predicted octanol–water partition coefficient (Wildman–Crippen LogP) is 3.45. The van der Waals surface area contributed by atoms with E-state index in [1.54, 1.807) is 60.5 Å². The van der Waals surface area contributed by atoms with Crippen LogP contribution < -0.4 is 9.64 Å². The molecule has 1 atom stereocenters. The van der Waals surface area contributed by atoms with Crippen molar-refractivity contribution in [3.63, 3.8) is 0 Å². The van der Waals surface area contributed by atoms with Crippen LogP contribution in [0.1, 0.15) is 37.8 Å². The Hall–Kier alpha value is -3.65. The number of amides is 2. The fourth-order valence-corrected chi connectivity index (χ4v) is 4.92. The first-order valence-electron chi connectivity index (χ1n) is 11.9. The minimum absolute atomic E-state index is 0.122. The van der Waals surface area contributed by atoms with Crippen LogP contribution in [-0.4, -0.2) is 61.0 Å². The molecule has 0 aromatic heterocycles. The number of benzene rings is 2. The number of anilines is 1. The summed E-state index contributed by atoms with van der Waals surface area (Å²) in [6.07, 6.45) is 1.28. The fraction of sp³-hybridized carbons (Fsp3) is 0.370. The van der Waals surface area contributed by atoms with Crippen molar-refractivity contribution < 1.29 is 29.0 Å². The normalized spacial score (nSPS) is 20.7. The topological polar surface area (TPSA) is 96.4 Å². The van der Waals surface area contributed by atoms with Gasteiger partial charge in [-0.3, -0.25) is 14.4 Å². The molecule has 4 rings (SSSR count). The zero-order valence-electron chi connectivity index (χ0n) is 20.2. The van der Waals surface area contributed by atoms with Crippen LogP contribution in [0.2, 0.25) is 0 Å². The van der Waals surface area contributed by atoms with Crippen LogP contribution in [0.25, 0.3) is 5.76 Å². The Morgan fingerprint density at radius 1 is 1.00 bits per heavy atom. The van der Waals surface area contributed by atoms with Gasteiger partial charge in [0.15, 0.2) is 5.54 Å². The van der Waals surface area contributed by atoms with Gasteiger partial charge < -0.3 is 24.4 Å². The molecule has 8 nitrogen and oxygen atoms in total. The van der Waals surface area contributed by atoms with Crippen LogP contribution in [0.5, 0.6) is 5.75 Å². The first kappa shape index (κ1) is 24.5. The Balaban J connectivity index is 1.93. The minimum atomic E-state index is -1.74. The lowest BCUT2D eigenvalue weighted by molar-refractivity contribution is -0.143. The number of carbonyl (C=O) groups excluding carboxylic acids is 3. The largest absolute Gasteiger partial charge is 0.507 e. The van der Waals surface area contributed by atoms with Crippen molar-refractivity contribution in [2.45, 2.75) is 32.2 Å². The number of likely N-dealkylation sites (N-methyl/N-ethyl adjacent to an activating group) is 1. The number of nitrogens with zero attached hydrogens (tertiary/aromatic N) is 2. The van der Waals surface area contributed by atoms with E-state index in [2.05, 4.69) is 0 Å². The molecule has 0 saturated carbocycles. The summed E-state index contributed by atoms with van der Waals surface area (Å²) in [5.74, 6) is -1.89. The number of ether oxygens (including phenoxy) is 2. The molecule has 8 heteroatoms. The van der Waals surface area contributed by atoms with Gasteiger partial charge in [-0.05, 0) is 50.1 Å². The van der Waals surface area contributed by atoms with Crippen LogP contribution in [0.3, 0.4) is 0 Å². The second kappa shape index (κ2) is 9.92. The molecule has 2 aliphatic rings. The minimum Gasteiger partial charge on any atom is -0.507 e. The van der Waals surface area contributed by atoms with Gasteiger partial charge in [-0.25, -0.2) is 0 Å². The molecular weight excluding hydrogens is 448 g/mol. The van der Waals surface area contributed by atoms with Crippen LogP contribution in [-0.2, 0) is 24.7 Å². The summed E-state index contributed by atoms with van der Waals surface area (Å²) < 4.78 is 10.8. The Kier molecular flexibility index (Phi) is 6.93. The van der Waals surface area contributed by atoms with E-state index in [-0.39, 0.29) is 17.9 Å². The molecule has 1 spiro atoms. The van der Waals surface area contributed by atoms with Gasteiger partial charge in [-0.2, -0.15) is 0 Å². The van der Waals surface area contributed by atoms with Crippen molar-refractivity contribution in [3.8, 4) is 5.75 Å². The highest BCUT2D eigenvalue weighted by Crippen LogP contribution is 2.53. The molecule has 0 bridgehead atoms. The van der Waals surface area contributed by atoms with Crippen LogP contribution in [0, 0.1) is 0 Å². The molecule has 184 valence electrons. The van der Waals surface area contributed by atoms with E-state index in [4.69, 9.17) is 9.47 Å². The van der Waals surface area contributed by atoms with Gasteiger partial charge in [0.2, 0.25) is 0 Å². The quantitative estimate of drug-likeness (QED) is 0.257. The monoisotopic (exact) mass is 478 g/mol. The molecule has 2 aliphatic heterocycles. The molecule has 1 fully saturated rings. The summed E-state index contributed by atoms with van der Waals surface area (Å²) in [4.78, 5) is 43.7. The van der Waals surface area contributed by atoms with Crippen molar-refractivity contribution in [2.24, 2.45) is 0 Å². The molecule has 0 unspecified atom stereocenters. The van der Waals surface area contributed by atoms with E-state index in [1.807, 2.05) is 13.8 Å². The third-order valence-electron chi connectivity index (χ3n) is 6.46. The van der Waals surface area contributed by atoms with E-state index in [1.165, 1.54) is 4.90 Å². The van der Waals surface area contributed by atoms with E-state index in [9.17, 15) is 19.5 Å². The summed E-state index contributed by atoms with van der Waals surface area (Å²) in [6, 6.07) is 13.7. The molecule has 35 heavy (non-hydrogen) atoms. The molecule has 2 amide bonds. The van der Waals surface area contributed by atoms with Gasteiger partial charge in [0.05, 0.1) is 17.9 Å². The highest BCUT2D eigenvalue weighted by molar-refractivity contribution is 6.50. The number of methoxy groups -OCH3 is 1. The Morgan fingerprint density at radius 2 is 1.71 bits per heavy atom. The molecule has 0 radical (unpaired) electrons. The third-order valence-corrected chi connectivity index (χ3v) is 6.46. The Morgan fingerprint density at radius 3 is 2.37 bits per heavy atom. The van der Waals surface area contributed by atoms with E-state index in [0.29, 0.717) is 48.7 Å². The van der Waals surface area contributed by atoms with E-state index >= 15 is 0 Å². The number of aliphatic hydroxyl groups excluding tert-OH is 1. The summed E-state index contributed by atoms with van der Waals surface area (Å²) in [5.41, 5.74) is -0.504.